The minimum atomic E-state index is -1.67. The van der Waals surface area contributed by atoms with Crippen LogP contribution in [0.25, 0.3) is 0 Å². The first-order chi connectivity index (χ1) is 14.0. The van der Waals surface area contributed by atoms with Crippen molar-refractivity contribution >= 4 is 21.3 Å². The van der Waals surface area contributed by atoms with E-state index in [4.69, 9.17) is 13.3 Å². The van der Waals surface area contributed by atoms with Gasteiger partial charge in [-0.1, -0.05) is 83.8 Å². The highest BCUT2D eigenvalue weighted by Gasteiger charge is 2.25. The van der Waals surface area contributed by atoms with Crippen LogP contribution in [0.2, 0.25) is 0 Å². The lowest BCUT2D eigenvalue weighted by Crippen LogP contribution is -2.21. The van der Waals surface area contributed by atoms with Crippen molar-refractivity contribution < 1.29 is 22.9 Å². The first-order valence-corrected chi connectivity index (χ1v) is 12.0. The standard InChI is InChI=1S/C11H24.C8H5NO2.C3H10O3Si/c1-3-5-7-9-11-10-8-6-4-2;10-7-5-3-1-2-4-6(5)8(11)9-7;1-4-7(5-2)6-3/h3-11H2,1-2H3;1-4H,(H,9,10,11);7H,1-3H3. The number of unbranched alkanes of at least 4 members (excludes halogenated alkanes) is 8. The summed E-state index contributed by atoms with van der Waals surface area (Å²) in [5.41, 5.74) is 0.940. The summed E-state index contributed by atoms with van der Waals surface area (Å²) in [5.74, 6) is -0.601. The summed E-state index contributed by atoms with van der Waals surface area (Å²) < 4.78 is 14.2. The van der Waals surface area contributed by atoms with Gasteiger partial charge in [-0.05, 0) is 12.1 Å². The maximum Gasteiger partial charge on any atom is 0.483 e. The molecule has 1 N–H and O–H groups in total. The Bertz CT molecular complexity index is 517. The van der Waals surface area contributed by atoms with Gasteiger partial charge in [0, 0.05) is 21.3 Å². The normalized spacial score (nSPS) is 11.9. The second kappa shape index (κ2) is 18.5. The van der Waals surface area contributed by atoms with Crippen molar-refractivity contribution in [1.29, 1.82) is 0 Å². The van der Waals surface area contributed by atoms with Gasteiger partial charge in [-0.2, -0.15) is 0 Å². The van der Waals surface area contributed by atoms with Gasteiger partial charge in [-0.25, -0.2) is 0 Å². The van der Waals surface area contributed by atoms with E-state index in [-0.39, 0.29) is 11.8 Å². The van der Waals surface area contributed by atoms with Crippen LogP contribution in [-0.2, 0) is 13.3 Å². The van der Waals surface area contributed by atoms with Crippen LogP contribution in [0.3, 0.4) is 0 Å². The zero-order valence-corrected chi connectivity index (χ0v) is 19.9. The molecule has 1 aliphatic heterocycles. The van der Waals surface area contributed by atoms with Crippen molar-refractivity contribution in [3.05, 3.63) is 35.4 Å². The molecule has 2 amide bonds. The zero-order valence-electron chi connectivity index (χ0n) is 18.8. The molecule has 0 saturated carbocycles. The van der Waals surface area contributed by atoms with E-state index >= 15 is 0 Å². The van der Waals surface area contributed by atoms with E-state index in [0.29, 0.717) is 11.1 Å². The Morgan fingerprint density at radius 2 is 1.03 bits per heavy atom. The van der Waals surface area contributed by atoms with Gasteiger partial charge in [-0.3, -0.25) is 14.9 Å². The topological polar surface area (TPSA) is 73.9 Å². The van der Waals surface area contributed by atoms with Crippen LogP contribution < -0.4 is 5.32 Å². The monoisotopic (exact) mass is 425 g/mol. The van der Waals surface area contributed by atoms with Crippen LogP contribution in [0.4, 0.5) is 0 Å². The Morgan fingerprint density at radius 3 is 1.31 bits per heavy atom. The second-order valence-electron chi connectivity index (χ2n) is 6.80. The first kappa shape index (κ1) is 27.5. The quantitative estimate of drug-likeness (QED) is 0.315. The van der Waals surface area contributed by atoms with Crippen LogP contribution in [-0.4, -0.2) is 42.7 Å². The number of carbonyl (C=O) groups excluding carboxylic acids is 2. The third-order valence-electron chi connectivity index (χ3n) is 4.43. The number of carbonyl (C=O) groups is 2. The van der Waals surface area contributed by atoms with E-state index in [1.807, 2.05) is 0 Å². The second-order valence-corrected chi connectivity index (χ2v) is 8.79. The molecule has 2 rings (SSSR count). The Labute approximate surface area is 178 Å². The number of benzene rings is 1. The molecule has 0 aromatic heterocycles. The average Bonchev–Trinajstić information content (AvgIpc) is 3.04. The molecule has 1 heterocycles. The molecule has 7 heteroatoms. The predicted molar refractivity (Wildman–Crippen MR) is 119 cm³/mol. The highest BCUT2D eigenvalue weighted by Crippen LogP contribution is 2.13. The zero-order chi connectivity index (χ0) is 21.9. The fraction of sp³-hybridized carbons (Fsp3) is 0.636. The van der Waals surface area contributed by atoms with Crippen LogP contribution in [0, 0.1) is 0 Å². The maximum atomic E-state index is 10.9. The van der Waals surface area contributed by atoms with Crippen molar-refractivity contribution in [3.8, 4) is 0 Å². The number of rotatable bonds is 11. The highest BCUT2D eigenvalue weighted by atomic mass is 28.3. The summed E-state index contributed by atoms with van der Waals surface area (Å²) in [5, 5.41) is 2.20. The third kappa shape index (κ3) is 12.6. The third-order valence-corrected chi connectivity index (χ3v) is 5.58. The molecular weight excluding hydrogens is 386 g/mol. The molecule has 6 nitrogen and oxygen atoms in total. The lowest BCUT2D eigenvalue weighted by molar-refractivity contribution is 0.0879. The van der Waals surface area contributed by atoms with E-state index in [9.17, 15) is 9.59 Å². The summed E-state index contributed by atoms with van der Waals surface area (Å²) in [6.45, 7) is 4.55. The number of nitrogens with one attached hydrogen (secondary N) is 1. The molecule has 0 spiro atoms. The number of fused-ring (bicyclic) bond motifs is 1. The van der Waals surface area contributed by atoms with E-state index in [2.05, 4.69) is 19.2 Å². The van der Waals surface area contributed by atoms with Crippen molar-refractivity contribution in [1.82, 2.24) is 5.32 Å². The molecule has 29 heavy (non-hydrogen) atoms. The van der Waals surface area contributed by atoms with Crippen LogP contribution in [0.1, 0.15) is 92.4 Å². The minimum absolute atomic E-state index is 0.300. The number of hydrogen-bond donors (Lipinski definition) is 1. The fourth-order valence-corrected chi connectivity index (χ4v) is 3.37. The molecule has 1 aromatic carbocycles. The molecule has 1 aromatic rings. The van der Waals surface area contributed by atoms with Gasteiger partial charge in [0.15, 0.2) is 0 Å². The molecule has 0 radical (unpaired) electrons. The molecule has 0 bridgehead atoms. The van der Waals surface area contributed by atoms with Crippen LogP contribution in [0.15, 0.2) is 24.3 Å². The van der Waals surface area contributed by atoms with Gasteiger partial charge < -0.3 is 13.3 Å². The van der Waals surface area contributed by atoms with Gasteiger partial charge in [0.25, 0.3) is 11.8 Å². The molecule has 0 atom stereocenters. The van der Waals surface area contributed by atoms with E-state index in [0.717, 1.165) is 0 Å². The molecule has 0 aliphatic carbocycles. The average molecular weight is 426 g/mol. The lowest BCUT2D eigenvalue weighted by atomic mass is 10.1. The summed E-state index contributed by atoms with van der Waals surface area (Å²) >= 11 is 0. The Kier molecular flexibility index (Phi) is 17.5. The van der Waals surface area contributed by atoms with Gasteiger partial charge in [0.1, 0.15) is 0 Å². The van der Waals surface area contributed by atoms with Crippen LogP contribution in [0.5, 0.6) is 0 Å². The summed E-state index contributed by atoms with van der Waals surface area (Å²) in [4.78, 5) is 21.9. The van der Waals surface area contributed by atoms with Gasteiger partial charge in [-0.15, -0.1) is 0 Å². The van der Waals surface area contributed by atoms with Gasteiger partial charge in [0.05, 0.1) is 11.1 Å². The summed E-state index contributed by atoms with van der Waals surface area (Å²) in [6.07, 6.45) is 13.0. The minimum Gasteiger partial charge on any atom is -0.379 e. The van der Waals surface area contributed by atoms with Crippen LogP contribution >= 0.6 is 0 Å². The van der Waals surface area contributed by atoms with Gasteiger partial charge in [0.2, 0.25) is 0 Å². The largest absolute Gasteiger partial charge is 0.483 e. The van der Waals surface area contributed by atoms with E-state index < -0.39 is 9.53 Å². The fourth-order valence-electron chi connectivity index (χ4n) is 2.79. The van der Waals surface area contributed by atoms with Crippen molar-refractivity contribution in [3.63, 3.8) is 0 Å². The van der Waals surface area contributed by atoms with Crippen molar-refractivity contribution in [2.24, 2.45) is 0 Å². The smallest absolute Gasteiger partial charge is 0.379 e. The first-order valence-electron chi connectivity index (χ1n) is 10.6. The SMILES string of the molecule is CCCCCCCCCCC.CO[SiH](OC)OC.O=C1NC(=O)c2ccccc21. The summed E-state index contributed by atoms with van der Waals surface area (Å²) in [6, 6.07) is 6.74. The molecule has 1 aliphatic rings. The van der Waals surface area contributed by atoms with Gasteiger partial charge >= 0.3 is 9.53 Å². The molecule has 0 saturated heterocycles. The van der Waals surface area contributed by atoms with Crippen molar-refractivity contribution in [2.75, 3.05) is 21.3 Å². The molecule has 0 fully saturated rings. The van der Waals surface area contributed by atoms with Crippen molar-refractivity contribution in [2.45, 2.75) is 71.6 Å². The highest BCUT2D eigenvalue weighted by molar-refractivity contribution is 6.36. The Morgan fingerprint density at radius 1 is 0.690 bits per heavy atom. The Hall–Kier alpha value is -1.54. The maximum absolute atomic E-state index is 10.9. The number of imide groups is 1. The molecular formula is C22H39NO5Si. The molecule has 0 unspecified atom stereocenters. The number of amides is 2. The lowest BCUT2D eigenvalue weighted by Gasteiger charge is -2.05. The van der Waals surface area contributed by atoms with E-state index in [1.165, 1.54) is 57.8 Å². The summed E-state index contributed by atoms with van der Waals surface area (Å²) in [7, 11) is 3.05. The Balaban J connectivity index is 0.000000419. The molecule has 166 valence electrons. The predicted octanol–water partition coefficient (Wildman–Crippen LogP) is 4.75. The van der Waals surface area contributed by atoms with E-state index in [1.54, 1.807) is 45.6 Å². The number of hydrogen-bond acceptors (Lipinski definition) is 5.